The highest BCUT2D eigenvalue weighted by molar-refractivity contribution is 7.05. The molecule has 1 aromatic carbocycles. The van der Waals surface area contributed by atoms with Gasteiger partial charge in [-0.15, -0.1) is 5.10 Å². The molecule has 0 aliphatic rings. The number of hydrogen-bond acceptors (Lipinski definition) is 5. The van der Waals surface area contributed by atoms with Crippen LogP contribution in [0.4, 0.5) is 4.39 Å². The lowest BCUT2D eigenvalue weighted by atomic mass is 10.0. The average molecular weight is 253 g/mol. The first-order chi connectivity index (χ1) is 8.27. The van der Waals surface area contributed by atoms with Gasteiger partial charge in [0.25, 0.3) is 0 Å². The van der Waals surface area contributed by atoms with Crippen LogP contribution in [0.3, 0.4) is 0 Å². The second kappa shape index (κ2) is 5.20. The van der Waals surface area contributed by atoms with E-state index in [0.717, 1.165) is 4.88 Å². The van der Waals surface area contributed by atoms with Crippen LogP contribution >= 0.6 is 11.5 Å². The minimum absolute atomic E-state index is 0.236. The van der Waals surface area contributed by atoms with Crippen molar-refractivity contribution in [3.8, 4) is 5.75 Å². The van der Waals surface area contributed by atoms with E-state index >= 15 is 0 Å². The third kappa shape index (κ3) is 2.27. The predicted octanol–water partition coefficient (Wildman–Crippen LogP) is 1.99. The Morgan fingerprint density at radius 1 is 1.47 bits per heavy atom. The van der Waals surface area contributed by atoms with Gasteiger partial charge in [-0.1, -0.05) is 16.6 Å². The van der Waals surface area contributed by atoms with Crippen molar-refractivity contribution in [1.82, 2.24) is 14.9 Å². The highest BCUT2D eigenvalue weighted by atomic mass is 32.1. The van der Waals surface area contributed by atoms with Crippen molar-refractivity contribution in [2.45, 2.75) is 6.04 Å². The van der Waals surface area contributed by atoms with E-state index in [4.69, 9.17) is 4.74 Å². The maximum absolute atomic E-state index is 14.1. The summed E-state index contributed by atoms with van der Waals surface area (Å²) in [4.78, 5) is 0.861. The summed E-state index contributed by atoms with van der Waals surface area (Å²) in [6.45, 7) is 0. The number of hydrogen-bond donors (Lipinski definition) is 1. The molecule has 4 nitrogen and oxygen atoms in total. The monoisotopic (exact) mass is 253 g/mol. The summed E-state index contributed by atoms with van der Waals surface area (Å²) in [5, 5.41) is 6.81. The number of halogens is 1. The van der Waals surface area contributed by atoms with Crippen molar-refractivity contribution < 1.29 is 9.13 Å². The molecule has 0 amide bonds. The second-order valence-corrected chi connectivity index (χ2v) is 4.22. The molecule has 0 radical (unpaired) electrons. The summed E-state index contributed by atoms with van der Waals surface area (Å²) in [6.07, 6.45) is 1.63. The molecule has 0 bridgehead atoms. The molecule has 1 unspecified atom stereocenters. The zero-order valence-corrected chi connectivity index (χ0v) is 10.3. The Morgan fingerprint density at radius 3 is 2.88 bits per heavy atom. The van der Waals surface area contributed by atoms with Gasteiger partial charge in [-0.25, -0.2) is 4.39 Å². The Labute approximate surface area is 103 Å². The van der Waals surface area contributed by atoms with Crippen molar-refractivity contribution in [1.29, 1.82) is 0 Å². The minimum atomic E-state index is -0.359. The van der Waals surface area contributed by atoms with Crippen LogP contribution in [0.2, 0.25) is 0 Å². The number of methoxy groups -OCH3 is 1. The third-order valence-corrected chi connectivity index (χ3v) is 3.20. The van der Waals surface area contributed by atoms with Gasteiger partial charge in [-0.05, 0) is 24.6 Å². The molecule has 0 aliphatic carbocycles. The first-order valence-corrected chi connectivity index (χ1v) is 5.82. The fourth-order valence-electron chi connectivity index (χ4n) is 1.66. The summed E-state index contributed by atoms with van der Waals surface area (Å²) in [6, 6.07) is 4.82. The fraction of sp³-hybridized carbons (Fsp3) is 0.273. The Balaban J connectivity index is 2.44. The van der Waals surface area contributed by atoms with Crippen LogP contribution in [0.5, 0.6) is 5.75 Å². The highest BCUT2D eigenvalue weighted by Gasteiger charge is 2.20. The maximum Gasteiger partial charge on any atom is 0.170 e. The Kier molecular flexibility index (Phi) is 3.65. The molecule has 0 saturated heterocycles. The van der Waals surface area contributed by atoms with Gasteiger partial charge >= 0.3 is 0 Å². The largest absolute Gasteiger partial charge is 0.494 e. The van der Waals surface area contributed by atoms with Crippen molar-refractivity contribution in [2.24, 2.45) is 0 Å². The van der Waals surface area contributed by atoms with Crippen LogP contribution in [0.15, 0.2) is 24.4 Å². The van der Waals surface area contributed by atoms with Crippen molar-refractivity contribution >= 4 is 11.5 Å². The van der Waals surface area contributed by atoms with E-state index < -0.39 is 0 Å². The highest BCUT2D eigenvalue weighted by Crippen LogP contribution is 2.29. The zero-order chi connectivity index (χ0) is 12.3. The van der Waals surface area contributed by atoms with Gasteiger partial charge in [0.15, 0.2) is 11.6 Å². The molecule has 2 rings (SSSR count). The van der Waals surface area contributed by atoms with Gasteiger partial charge in [-0.2, -0.15) is 0 Å². The summed E-state index contributed by atoms with van der Waals surface area (Å²) in [7, 11) is 3.22. The first kappa shape index (κ1) is 11.9. The number of aromatic nitrogens is 2. The summed E-state index contributed by atoms with van der Waals surface area (Å²) in [5.41, 5.74) is 0.526. The Hall–Kier alpha value is -1.53. The Morgan fingerprint density at radius 2 is 2.29 bits per heavy atom. The van der Waals surface area contributed by atoms with Gasteiger partial charge in [0.05, 0.1) is 24.2 Å². The van der Waals surface area contributed by atoms with Crippen LogP contribution in [-0.2, 0) is 0 Å². The predicted molar refractivity (Wildman–Crippen MR) is 63.8 cm³/mol. The molecule has 2 aromatic rings. The van der Waals surface area contributed by atoms with Gasteiger partial charge < -0.3 is 10.1 Å². The molecule has 1 atom stereocenters. The molecule has 6 heteroatoms. The topological polar surface area (TPSA) is 47.0 Å². The van der Waals surface area contributed by atoms with E-state index in [2.05, 4.69) is 14.9 Å². The normalized spacial score (nSPS) is 12.4. The SMILES string of the molecule is CNC(c1cnns1)c1cccc(OC)c1F. The van der Waals surface area contributed by atoms with E-state index in [-0.39, 0.29) is 17.6 Å². The second-order valence-electron chi connectivity index (χ2n) is 3.41. The van der Waals surface area contributed by atoms with Gasteiger partial charge in [0, 0.05) is 5.56 Å². The summed E-state index contributed by atoms with van der Waals surface area (Å²) >= 11 is 1.24. The average Bonchev–Trinajstić information content (AvgIpc) is 2.86. The van der Waals surface area contributed by atoms with Gasteiger partial charge in [-0.3, -0.25) is 0 Å². The molecule has 90 valence electrons. The molecule has 1 aromatic heterocycles. The molecule has 17 heavy (non-hydrogen) atoms. The number of ether oxygens (including phenoxy) is 1. The fourth-order valence-corrected chi connectivity index (χ4v) is 2.29. The lowest BCUT2D eigenvalue weighted by Gasteiger charge is -2.16. The summed E-state index contributed by atoms with van der Waals surface area (Å²) < 4.78 is 22.9. The van der Waals surface area contributed by atoms with Crippen LogP contribution < -0.4 is 10.1 Å². The van der Waals surface area contributed by atoms with E-state index in [0.29, 0.717) is 5.56 Å². The molecule has 0 fully saturated rings. The van der Waals surface area contributed by atoms with Crippen molar-refractivity contribution in [2.75, 3.05) is 14.2 Å². The van der Waals surface area contributed by atoms with E-state index in [1.807, 2.05) is 0 Å². The van der Waals surface area contributed by atoms with Crippen molar-refractivity contribution in [3.05, 3.63) is 40.7 Å². The van der Waals surface area contributed by atoms with Gasteiger partial charge in [0.1, 0.15) is 0 Å². The smallest absolute Gasteiger partial charge is 0.170 e. The maximum atomic E-state index is 14.1. The van der Waals surface area contributed by atoms with Crippen LogP contribution in [0.25, 0.3) is 0 Å². The lowest BCUT2D eigenvalue weighted by molar-refractivity contribution is 0.382. The zero-order valence-electron chi connectivity index (χ0n) is 9.48. The quantitative estimate of drug-likeness (QED) is 0.905. The molecule has 1 heterocycles. The van der Waals surface area contributed by atoms with Crippen LogP contribution in [-0.4, -0.2) is 23.7 Å². The van der Waals surface area contributed by atoms with Crippen LogP contribution in [0, 0.1) is 5.82 Å². The van der Waals surface area contributed by atoms with E-state index in [1.54, 1.807) is 31.4 Å². The van der Waals surface area contributed by atoms with Gasteiger partial charge in [0.2, 0.25) is 0 Å². The van der Waals surface area contributed by atoms with E-state index in [1.165, 1.54) is 18.6 Å². The molecule has 1 N–H and O–H groups in total. The number of nitrogens with zero attached hydrogens (tertiary/aromatic N) is 2. The Bertz CT molecular complexity index is 489. The third-order valence-electron chi connectivity index (χ3n) is 2.48. The van der Waals surface area contributed by atoms with Crippen LogP contribution in [0.1, 0.15) is 16.5 Å². The molecular formula is C11H12FN3OS. The standard InChI is InChI=1S/C11H12FN3OS/c1-13-11(9-6-14-15-17-9)7-4-3-5-8(16-2)10(7)12/h3-6,11,13H,1-2H3. The molecule has 0 aliphatic heterocycles. The molecule has 0 saturated carbocycles. The summed E-state index contributed by atoms with van der Waals surface area (Å²) in [5.74, 6) is -0.122. The number of nitrogens with one attached hydrogen (secondary N) is 1. The molecular weight excluding hydrogens is 241 g/mol. The van der Waals surface area contributed by atoms with E-state index in [9.17, 15) is 4.39 Å². The lowest BCUT2D eigenvalue weighted by Crippen LogP contribution is -2.18. The molecule has 0 spiro atoms. The minimum Gasteiger partial charge on any atom is -0.494 e. The first-order valence-electron chi connectivity index (χ1n) is 5.04. The number of rotatable bonds is 4. The van der Waals surface area contributed by atoms with Crippen molar-refractivity contribution in [3.63, 3.8) is 0 Å². The number of benzene rings is 1.